The minimum Gasteiger partial charge on any atom is -0.376 e. The molecule has 2 unspecified atom stereocenters. The van der Waals surface area contributed by atoms with Crippen LogP contribution in [0.4, 0.5) is 0 Å². The lowest BCUT2D eigenvalue weighted by molar-refractivity contribution is 0.0855. The minimum atomic E-state index is 0.0240. The summed E-state index contributed by atoms with van der Waals surface area (Å²) in [6, 6.07) is 4.45. The number of carbonyl (C=O) groups is 1. The number of piperidine rings is 1. The van der Waals surface area contributed by atoms with Crippen LogP contribution in [0.25, 0.3) is 0 Å². The quantitative estimate of drug-likeness (QED) is 0.876. The number of rotatable bonds is 3. The molecule has 5 nitrogen and oxygen atoms in total. The monoisotopic (exact) mass is 277 g/mol. The van der Waals surface area contributed by atoms with Crippen LogP contribution >= 0.6 is 0 Å². The molecule has 3 rings (SSSR count). The molecule has 0 aliphatic carbocycles. The second-order valence-electron chi connectivity index (χ2n) is 5.73. The van der Waals surface area contributed by atoms with Crippen molar-refractivity contribution in [1.29, 1.82) is 0 Å². The van der Waals surface area contributed by atoms with Crippen molar-refractivity contribution in [2.24, 2.45) is 0 Å². The van der Waals surface area contributed by atoms with Crippen LogP contribution in [0.15, 0.2) is 18.3 Å². The fraction of sp³-hybridized carbons (Fsp3) is 0.667. The van der Waals surface area contributed by atoms with Crippen molar-refractivity contribution in [3.8, 4) is 0 Å². The summed E-state index contributed by atoms with van der Waals surface area (Å²) in [5, 5.41) is 6.47. The Morgan fingerprint density at radius 2 is 2.20 bits per heavy atom. The largest absolute Gasteiger partial charge is 0.376 e. The van der Waals surface area contributed by atoms with Gasteiger partial charge in [-0.15, -0.1) is 0 Å². The molecule has 1 amide bonds. The van der Waals surface area contributed by atoms with Crippen molar-refractivity contribution in [3.05, 3.63) is 24.0 Å². The van der Waals surface area contributed by atoms with Gasteiger partial charge in [0.1, 0.15) is 5.69 Å². The van der Waals surface area contributed by atoms with Crippen molar-refractivity contribution < 1.29 is 9.53 Å². The molecule has 0 bridgehead atoms. The van der Waals surface area contributed by atoms with E-state index in [2.05, 4.69) is 15.2 Å². The molecule has 2 aliphatic rings. The third kappa shape index (κ3) is 2.74. The highest BCUT2D eigenvalue weighted by Gasteiger charge is 2.27. The van der Waals surface area contributed by atoms with E-state index in [4.69, 9.17) is 4.74 Å². The Kier molecular flexibility index (Phi) is 4.08. The van der Waals surface area contributed by atoms with Gasteiger partial charge >= 0.3 is 0 Å². The molecule has 2 aliphatic heterocycles. The first kappa shape index (κ1) is 13.6. The van der Waals surface area contributed by atoms with Crippen molar-refractivity contribution in [1.82, 2.24) is 15.2 Å². The van der Waals surface area contributed by atoms with Gasteiger partial charge in [0, 0.05) is 18.8 Å². The van der Waals surface area contributed by atoms with Gasteiger partial charge in [0.15, 0.2) is 0 Å². The van der Waals surface area contributed by atoms with E-state index < -0.39 is 0 Å². The highest BCUT2D eigenvalue weighted by Crippen LogP contribution is 2.22. The zero-order chi connectivity index (χ0) is 13.9. The van der Waals surface area contributed by atoms with Gasteiger partial charge in [0.25, 0.3) is 5.91 Å². The zero-order valence-electron chi connectivity index (χ0n) is 12.0. The van der Waals surface area contributed by atoms with Crippen LogP contribution in [-0.4, -0.2) is 42.3 Å². The minimum absolute atomic E-state index is 0.0240. The Morgan fingerprint density at radius 3 is 2.90 bits per heavy atom. The van der Waals surface area contributed by atoms with E-state index in [0.717, 1.165) is 44.7 Å². The lowest BCUT2D eigenvalue weighted by Gasteiger charge is -2.26. The number of hydrogen-bond donors (Lipinski definition) is 2. The van der Waals surface area contributed by atoms with E-state index >= 15 is 0 Å². The van der Waals surface area contributed by atoms with Crippen LogP contribution in [0.3, 0.4) is 0 Å². The number of carbonyl (C=O) groups excluding carboxylic acids is 1. The SMILES string of the molecule is CC1OCCC1NC(=O)c1cccn1C1CCNCC1. The third-order valence-corrected chi connectivity index (χ3v) is 4.41. The molecule has 0 radical (unpaired) electrons. The Labute approximate surface area is 119 Å². The van der Waals surface area contributed by atoms with Crippen LogP contribution in [0.5, 0.6) is 0 Å². The predicted octanol–water partition coefficient (Wildman–Crippen LogP) is 1.32. The van der Waals surface area contributed by atoms with E-state index in [9.17, 15) is 4.79 Å². The molecule has 1 aromatic rings. The van der Waals surface area contributed by atoms with Gasteiger partial charge in [-0.3, -0.25) is 4.79 Å². The molecule has 2 saturated heterocycles. The van der Waals surface area contributed by atoms with Gasteiger partial charge in [0.05, 0.1) is 12.1 Å². The molecule has 5 heteroatoms. The van der Waals surface area contributed by atoms with E-state index in [1.54, 1.807) is 0 Å². The Morgan fingerprint density at radius 1 is 1.40 bits per heavy atom. The van der Waals surface area contributed by atoms with Crippen molar-refractivity contribution in [2.75, 3.05) is 19.7 Å². The Hall–Kier alpha value is -1.33. The summed E-state index contributed by atoms with van der Waals surface area (Å²) in [4.78, 5) is 12.5. The number of nitrogens with one attached hydrogen (secondary N) is 2. The van der Waals surface area contributed by atoms with E-state index in [-0.39, 0.29) is 18.1 Å². The third-order valence-electron chi connectivity index (χ3n) is 4.41. The summed E-state index contributed by atoms with van der Waals surface area (Å²) in [7, 11) is 0. The van der Waals surface area contributed by atoms with Crippen LogP contribution in [-0.2, 0) is 4.74 Å². The van der Waals surface area contributed by atoms with Gasteiger partial charge in [-0.1, -0.05) is 0 Å². The number of amides is 1. The first-order valence-electron chi connectivity index (χ1n) is 7.56. The van der Waals surface area contributed by atoms with Crippen molar-refractivity contribution >= 4 is 5.91 Å². The van der Waals surface area contributed by atoms with Crippen molar-refractivity contribution in [2.45, 2.75) is 44.4 Å². The average Bonchev–Trinajstić information content (AvgIpc) is 3.09. The van der Waals surface area contributed by atoms with Gasteiger partial charge < -0.3 is 19.9 Å². The number of nitrogens with zero attached hydrogens (tertiary/aromatic N) is 1. The molecule has 2 N–H and O–H groups in total. The Balaban J connectivity index is 1.70. The molecule has 2 atom stereocenters. The maximum absolute atomic E-state index is 12.5. The molecule has 1 aromatic heterocycles. The summed E-state index contributed by atoms with van der Waals surface area (Å²) >= 11 is 0. The molecule has 0 aromatic carbocycles. The number of aromatic nitrogens is 1. The van der Waals surface area contributed by atoms with Gasteiger partial charge in [-0.05, 0) is 51.4 Å². The van der Waals surface area contributed by atoms with Crippen LogP contribution in [0.2, 0.25) is 0 Å². The molecule has 110 valence electrons. The van der Waals surface area contributed by atoms with Gasteiger partial charge in [-0.25, -0.2) is 0 Å². The summed E-state index contributed by atoms with van der Waals surface area (Å²) in [6.45, 7) is 4.81. The second kappa shape index (κ2) is 5.97. The van der Waals surface area contributed by atoms with E-state index in [1.807, 2.05) is 25.3 Å². The molecule has 2 fully saturated rings. The van der Waals surface area contributed by atoms with Crippen LogP contribution in [0, 0.1) is 0 Å². The molecular weight excluding hydrogens is 254 g/mol. The van der Waals surface area contributed by atoms with Crippen molar-refractivity contribution in [3.63, 3.8) is 0 Å². The fourth-order valence-corrected chi connectivity index (χ4v) is 3.15. The first-order chi connectivity index (χ1) is 9.75. The average molecular weight is 277 g/mol. The molecule has 0 saturated carbocycles. The van der Waals surface area contributed by atoms with Gasteiger partial charge in [-0.2, -0.15) is 0 Å². The van der Waals surface area contributed by atoms with E-state index in [0.29, 0.717) is 6.04 Å². The maximum Gasteiger partial charge on any atom is 0.268 e. The highest BCUT2D eigenvalue weighted by molar-refractivity contribution is 5.93. The summed E-state index contributed by atoms with van der Waals surface area (Å²) in [6.07, 6.45) is 5.21. The maximum atomic E-state index is 12.5. The zero-order valence-corrected chi connectivity index (χ0v) is 12.0. The Bertz CT molecular complexity index is 465. The smallest absolute Gasteiger partial charge is 0.268 e. The highest BCUT2D eigenvalue weighted by atomic mass is 16.5. The lowest BCUT2D eigenvalue weighted by Crippen LogP contribution is -2.40. The summed E-state index contributed by atoms with van der Waals surface area (Å²) in [5.41, 5.74) is 0.774. The molecule has 3 heterocycles. The normalized spacial score (nSPS) is 27.6. The topological polar surface area (TPSA) is 55.3 Å². The lowest BCUT2D eigenvalue weighted by atomic mass is 10.1. The summed E-state index contributed by atoms with van der Waals surface area (Å²) in [5.74, 6) is 0.0240. The molecule has 20 heavy (non-hydrogen) atoms. The van der Waals surface area contributed by atoms with Gasteiger partial charge in [0.2, 0.25) is 0 Å². The second-order valence-corrected chi connectivity index (χ2v) is 5.73. The predicted molar refractivity (Wildman–Crippen MR) is 76.9 cm³/mol. The van der Waals surface area contributed by atoms with E-state index in [1.165, 1.54) is 0 Å². The molecule has 0 spiro atoms. The summed E-state index contributed by atoms with van der Waals surface area (Å²) < 4.78 is 7.64. The van der Waals surface area contributed by atoms with Crippen LogP contribution < -0.4 is 10.6 Å². The first-order valence-corrected chi connectivity index (χ1v) is 7.56. The standard InChI is InChI=1S/C15H23N3O2/c1-11-13(6-10-20-11)17-15(19)14-3-2-9-18(14)12-4-7-16-8-5-12/h2-3,9,11-13,16H,4-8,10H2,1H3,(H,17,19). The van der Waals surface area contributed by atoms with Crippen LogP contribution in [0.1, 0.15) is 42.7 Å². The number of ether oxygens (including phenoxy) is 1. The fourth-order valence-electron chi connectivity index (χ4n) is 3.15. The molecular formula is C15H23N3O2. The number of hydrogen-bond acceptors (Lipinski definition) is 3.